The first-order valence-electron chi connectivity index (χ1n) is 9.39. The van der Waals surface area contributed by atoms with Crippen molar-refractivity contribution < 1.29 is 4.79 Å². The molecule has 2 aromatic carbocycles. The highest BCUT2D eigenvalue weighted by atomic mass is 16.2. The summed E-state index contributed by atoms with van der Waals surface area (Å²) >= 11 is 0. The second-order valence-electron chi connectivity index (χ2n) is 7.42. The average molecular weight is 345 g/mol. The second-order valence-corrected chi connectivity index (χ2v) is 7.42. The van der Waals surface area contributed by atoms with Gasteiger partial charge in [-0.1, -0.05) is 48.5 Å². The summed E-state index contributed by atoms with van der Waals surface area (Å²) in [6, 6.07) is 19.4. The van der Waals surface area contributed by atoms with Gasteiger partial charge in [-0.15, -0.1) is 0 Å². The third-order valence-corrected chi connectivity index (χ3v) is 5.92. The molecule has 4 nitrogen and oxygen atoms in total. The van der Waals surface area contributed by atoms with E-state index in [1.54, 1.807) is 0 Å². The van der Waals surface area contributed by atoms with Crippen molar-refractivity contribution in [3.8, 4) is 0 Å². The van der Waals surface area contributed by atoms with Crippen LogP contribution in [0.25, 0.3) is 10.9 Å². The van der Waals surface area contributed by atoms with Crippen molar-refractivity contribution in [2.45, 2.75) is 18.9 Å². The van der Waals surface area contributed by atoms with Crippen molar-refractivity contribution in [1.29, 1.82) is 0 Å². The maximum absolute atomic E-state index is 12.9. The maximum atomic E-state index is 12.9. The highest BCUT2D eigenvalue weighted by molar-refractivity contribution is 5.96. The highest BCUT2D eigenvalue weighted by Crippen LogP contribution is 2.40. The van der Waals surface area contributed by atoms with Crippen LogP contribution >= 0.6 is 0 Å². The van der Waals surface area contributed by atoms with Crippen molar-refractivity contribution in [2.75, 3.05) is 26.7 Å². The molecule has 0 fully saturated rings. The number of carbonyl (C=O) groups is 1. The SMILES string of the molecule is CN1CC2c3c(c4ccccc4n3C1=O)CCN2CCc1ccccc1. The summed E-state index contributed by atoms with van der Waals surface area (Å²) in [5.74, 6) is 0. The maximum Gasteiger partial charge on any atom is 0.328 e. The molecule has 132 valence electrons. The third-order valence-electron chi connectivity index (χ3n) is 5.92. The predicted octanol–water partition coefficient (Wildman–Crippen LogP) is 3.70. The van der Waals surface area contributed by atoms with Gasteiger partial charge >= 0.3 is 6.03 Å². The molecule has 5 rings (SSSR count). The molecule has 0 N–H and O–H groups in total. The van der Waals surface area contributed by atoms with Crippen LogP contribution in [0, 0.1) is 0 Å². The average Bonchev–Trinajstić information content (AvgIpc) is 3.02. The molecule has 1 unspecified atom stereocenters. The fourth-order valence-corrected chi connectivity index (χ4v) is 4.62. The monoisotopic (exact) mass is 345 g/mol. The molecule has 0 aliphatic carbocycles. The Balaban J connectivity index is 1.54. The molecule has 1 atom stereocenters. The van der Waals surface area contributed by atoms with Crippen molar-refractivity contribution >= 4 is 16.9 Å². The Kier molecular flexibility index (Phi) is 3.61. The molecule has 26 heavy (non-hydrogen) atoms. The summed E-state index contributed by atoms with van der Waals surface area (Å²) in [6.45, 7) is 2.86. The molecule has 2 aliphatic rings. The Morgan fingerprint density at radius 1 is 1.04 bits per heavy atom. The Hall–Kier alpha value is -2.59. The Labute approximate surface area is 153 Å². The lowest BCUT2D eigenvalue weighted by Crippen LogP contribution is -2.49. The second kappa shape index (κ2) is 5.99. The standard InChI is InChI=1S/C22H23N3O/c1-23-15-20-21-18(17-9-5-6-10-19(17)25(21)22(23)26)12-14-24(20)13-11-16-7-3-2-4-8-16/h2-10,20H,11-15H2,1H3. The van der Waals surface area contributed by atoms with E-state index in [-0.39, 0.29) is 12.1 Å². The molecule has 1 amide bonds. The van der Waals surface area contributed by atoms with Crippen molar-refractivity contribution in [1.82, 2.24) is 14.4 Å². The summed E-state index contributed by atoms with van der Waals surface area (Å²) in [5.41, 5.74) is 5.04. The van der Waals surface area contributed by atoms with Crippen molar-refractivity contribution in [3.05, 3.63) is 71.4 Å². The van der Waals surface area contributed by atoms with Gasteiger partial charge in [0.05, 0.1) is 17.3 Å². The molecule has 0 saturated carbocycles. The van der Waals surface area contributed by atoms with Crippen molar-refractivity contribution in [3.63, 3.8) is 0 Å². The zero-order valence-electron chi connectivity index (χ0n) is 15.1. The summed E-state index contributed by atoms with van der Waals surface area (Å²) < 4.78 is 1.97. The van der Waals surface area contributed by atoms with Crippen LogP contribution in [0.5, 0.6) is 0 Å². The van der Waals surface area contributed by atoms with Gasteiger partial charge in [0.15, 0.2) is 0 Å². The first-order valence-corrected chi connectivity index (χ1v) is 9.39. The summed E-state index contributed by atoms with van der Waals surface area (Å²) in [7, 11) is 1.92. The number of benzene rings is 2. The van der Waals surface area contributed by atoms with Crippen LogP contribution in [0.15, 0.2) is 54.6 Å². The number of rotatable bonds is 3. The number of para-hydroxylation sites is 1. The minimum absolute atomic E-state index is 0.101. The third kappa shape index (κ3) is 2.29. The topological polar surface area (TPSA) is 28.5 Å². The zero-order chi connectivity index (χ0) is 17.7. The van der Waals surface area contributed by atoms with Crippen LogP contribution in [-0.2, 0) is 12.8 Å². The number of hydrogen-bond donors (Lipinski definition) is 0. The Morgan fingerprint density at radius 3 is 2.65 bits per heavy atom. The molecule has 0 radical (unpaired) electrons. The normalized spacial score (nSPS) is 19.8. The Bertz CT molecular complexity index is 976. The number of aromatic nitrogens is 1. The molecule has 0 spiro atoms. The molecule has 4 heteroatoms. The minimum atomic E-state index is 0.101. The van der Waals surface area contributed by atoms with Gasteiger partial charge in [-0.25, -0.2) is 4.79 Å². The molecule has 2 aliphatic heterocycles. The molecule has 3 aromatic rings. The number of amides is 1. The number of nitrogens with zero attached hydrogens (tertiary/aromatic N) is 3. The summed E-state index contributed by atoms with van der Waals surface area (Å²) in [6.07, 6.45) is 2.07. The molecular weight excluding hydrogens is 322 g/mol. The summed E-state index contributed by atoms with van der Waals surface area (Å²) in [4.78, 5) is 17.3. The summed E-state index contributed by atoms with van der Waals surface area (Å²) in [5, 5.41) is 1.25. The first kappa shape index (κ1) is 15.6. The van der Waals surface area contributed by atoms with Crippen LogP contribution in [0.4, 0.5) is 4.79 Å². The van der Waals surface area contributed by atoms with E-state index in [4.69, 9.17) is 0 Å². The van der Waals surface area contributed by atoms with Gasteiger partial charge in [-0.05, 0) is 30.0 Å². The van der Waals surface area contributed by atoms with Gasteiger partial charge in [0.2, 0.25) is 0 Å². The van der Waals surface area contributed by atoms with Crippen LogP contribution < -0.4 is 0 Å². The lowest BCUT2D eigenvalue weighted by Gasteiger charge is -2.42. The molecule has 0 bridgehead atoms. The van der Waals surface area contributed by atoms with Gasteiger partial charge in [0.25, 0.3) is 0 Å². The number of fused-ring (bicyclic) bond motifs is 3. The predicted molar refractivity (Wildman–Crippen MR) is 104 cm³/mol. The number of carbonyl (C=O) groups excluding carboxylic acids is 1. The lowest BCUT2D eigenvalue weighted by atomic mass is 9.95. The largest absolute Gasteiger partial charge is 0.328 e. The van der Waals surface area contributed by atoms with Crippen LogP contribution in [0.3, 0.4) is 0 Å². The van der Waals surface area contributed by atoms with Crippen LogP contribution in [0.1, 0.15) is 22.9 Å². The molecule has 1 aromatic heterocycles. The van der Waals surface area contributed by atoms with Crippen LogP contribution in [0.2, 0.25) is 0 Å². The minimum Gasteiger partial charge on any atom is -0.325 e. The van der Waals surface area contributed by atoms with E-state index in [2.05, 4.69) is 53.4 Å². The quantitative estimate of drug-likeness (QED) is 0.724. The van der Waals surface area contributed by atoms with E-state index >= 15 is 0 Å². The van der Waals surface area contributed by atoms with Gasteiger partial charge in [-0.2, -0.15) is 0 Å². The molecular formula is C22H23N3O. The lowest BCUT2D eigenvalue weighted by molar-refractivity contribution is 0.125. The van der Waals surface area contributed by atoms with E-state index in [0.29, 0.717) is 0 Å². The van der Waals surface area contributed by atoms with E-state index in [1.165, 1.54) is 22.2 Å². The zero-order valence-corrected chi connectivity index (χ0v) is 15.1. The van der Waals surface area contributed by atoms with Gasteiger partial charge in [0, 0.05) is 32.1 Å². The van der Waals surface area contributed by atoms with Gasteiger partial charge in [0.1, 0.15) is 0 Å². The first-order chi connectivity index (χ1) is 12.7. The van der Waals surface area contributed by atoms with Crippen LogP contribution in [-0.4, -0.2) is 47.1 Å². The fraction of sp³-hybridized carbons (Fsp3) is 0.318. The van der Waals surface area contributed by atoms with Crippen molar-refractivity contribution in [2.24, 2.45) is 0 Å². The Morgan fingerprint density at radius 2 is 1.81 bits per heavy atom. The van der Waals surface area contributed by atoms with Gasteiger partial charge in [-0.3, -0.25) is 9.47 Å². The van der Waals surface area contributed by atoms with E-state index < -0.39 is 0 Å². The van der Waals surface area contributed by atoms with E-state index in [1.807, 2.05) is 22.6 Å². The van der Waals surface area contributed by atoms with E-state index in [0.717, 1.165) is 38.0 Å². The smallest absolute Gasteiger partial charge is 0.325 e. The fourth-order valence-electron chi connectivity index (χ4n) is 4.62. The number of hydrogen-bond acceptors (Lipinski definition) is 2. The molecule has 3 heterocycles. The van der Waals surface area contributed by atoms with Gasteiger partial charge < -0.3 is 4.90 Å². The van der Waals surface area contributed by atoms with E-state index in [9.17, 15) is 4.79 Å². The molecule has 0 saturated heterocycles. The number of likely N-dealkylation sites (N-methyl/N-ethyl adjacent to an activating group) is 1. The highest BCUT2D eigenvalue weighted by Gasteiger charge is 2.39.